The zero-order chi connectivity index (χ0) is 13.4. The predicted molar refractivity (Wildman–Crippen MR) is 75.8 cm³/mol. The van der Waals surface area contributed by atoms with E-state index in [0.29, 0.717) is 20.2 Å². The summed E-state index contributed by atoms with van der Waals surface area (Å²) < 4.78 is 1.85. The summed E-state index contributed by atoms with van der Waals surface area (Å²) >= 11 is 2.21. The number of hydrogen-bond acceptors (Lipinski definition) is 7. The minimum atomic E-state index is -0.312. The molecule has 3 rings (SSSR count). The fraction of sp³-hybridized carbons (Fsp3) is 0.0909. The molecule has 0 unspecified atom stereocenters. The highest BCUT2D eigenvalue weighted by atomic mass is 32.1. The van der Waals surface area contributed by atoms with Gasteiger partial charge < -0.3 is 5.73 Å². The van der Waals surface area contributed by atoms with Crippen LogP contribution in [0.5, 0.6) is 0 Å². The first-order valence-corrected chi connectivity index (χ1v) is 6.99. The Labute approximate surface area is 114 Å². The molecule has 1 aromatic carbocycles. The molecule has 0 fully saturated rings. The van der Waals surface area contributed by atoms with E-state index in [0.717, 1.165) is 15.9 Å². The van der Waals surface area contributed by atoms with Crippen molar-refractivity contribution < 1.29 is 0 Å². The second kappa shape index (κ2) is 4.56. The third-order valence-electron chi connectivity index (χ3n) is 2.56. The number of nitrogen functional groups attached to an aromatic ring is 1. The SMILES string of the molecule is Nc1nnc(Cn2c(=O)sc3ccccc3c2=O)s1. The van der Waals surface area contributed by atoms with Gasteiger partial charge in [-0.2, -0.15) is 0 Å². The van der Waals surface area contributed by atoms with Crippen molar-refractivity contribution in [2.45, 2.75) is 6.54 Å². The number of rotatable bonds is 2. The molecule has 0 bridgehead atoms. The van der Waals surface area contributed by atoms with Crippen molar-refractivity contribution in [3.63, 3.8) is 0 Å². The second-order valence-corrected chi connectivity index (χ2v) is 5.88. The van der Waals surface area contributed by atoms with Gasteiger partial charge in [-0.05, 0) is 12.1 Å². The molecular formula is C11H8N4O2S2. The van der Waals surface area contributed by atoms with E-state index in [1.54, 1.807) is 24.3 Å². The van der Waals surface area contributed by atoms with Gasteiger partial charge in [0.15, 0.2) is 0 Å². The Bertz CT molecular complexity index is 865. The Morgan fingerprint density at radius 3 is 2.68 bits per heavy atom. The van der Waals surface area contributed by atoms with Crippen LogP contribution in [-0.2, 0) is 6.54 Å². The fourth-order valence-electron chi connectivity index (χ4n) is 1.71. The van der Waals surface area contributed by atoms with Crippen molar-refractivity contribution in [2.24, 2.45) is 0 Å². The Kier molecular flexibility index (Phi) is 2.88. The molecule has 2 heterocycles. The van der Waals surface area contributed by atoms with Crippen LogP contribution in [0.4, 0.5) is 5.13 Å². The van der Waals surface area contributed by atoms with Gasteiger partial charge in [-0.3, -0.25) is 14.2 Å². The Balaban J connectivity index is 2.18. The molecule has 0 aliphatic carbocycles. The fourth-order valence-corrected chi connectivity index (χ4v) is 3.17. The van der Waals surface area contributed by atoms with Gasteiger partial charge in [-0.15, -0.1) is 10.2 Å². The number of anilines is 1. The van der Waals surface area contributed by atoms with Crippen molar-refractivity contribution in [1.29, 1.82) is 0 Å². The lowest BCUT2D eigenvalue weighted by Gasteiger charge is -2.02. The molecule has 0 aliphatic rings. The van der Waals surface area contributed by atoms with E-state index in [1.165, 1.54) is 11.3 Å². The first-order chi connectivity index (χ1) is 9.15. The Morgan fingerprint density at radius 1 is 1.16 bits per heavy atom. The lowest BCUT2D eigenvalue weighted by Crippen LogP contribution is -2.31. The van der Waals surface area contributed by atoms with Gasteiger partial charge in [0, 0.05) is 4.70 Å². The summed E-state index contributed by atoms with van der Waals surface area (Å²) in [6.07, 6.45) is 0. The van der Waals surface area contributed by atoms with E-state index in [-0.39, 0.29) is 17.0 Å². The highest BCUT2D eigenvalue weighted by molar-refractivity contribution is 7.16. The summed E-state index contributed by atoms with van der Waals surface area (Å²) in [5.41, 5.74) is 5.17. The summed E-state index contributed by atoms with van der Waals surface area (Å²) in [6, 6.07) is 7.04. The van der Waals surface area contributed by atoms with Crippen LogP contribution in [0, 0.1) is 0 Å². The highest BCUT2D eigenvalue weighted by Crippen LogP contribution is 2.13. The van der Waals surface area contributed by atoms with Gasteiger partial charge in [0.1, 0.15) is 5.01 Å². The van der Waals surface area contributed by atoms with Crippen molar-refractivity contribution in [2.75, 3.05) is 5.73 Å². The van der Waals surface area contributed by atoms with E-state index in [9.17, 15) is 9.59 Å². The second-order valence-electron chi connectivity index (χ2n) is 3.79. The van der Waals surface area contributed by atoms with Gasteiger partial charge in [0.25, 0.3) is 5.56 Å². The number of nitrogens with zero attached hydrogens (tertiary/aromatic N) is 3. The quantitative estimate of drug-likeness (QED) is 0.758. The van der Waals surface area contributed by atoms with Crippen LogP contribution in [0.2, 0.25) is 0 Å². The average molecular weight is 292 g/mol. The molecular weight excluding hydrogens is 284 g/mol. The highest BCUT2D eigenvalue weighted by Gasteiger charge is 2.10. The van der Waals surface area contributed by atoms with Gasteiger partial charge in [-0.25, -0.2) is 0 Å². The third kappa shape index (κ3) is 2.15. The maximum atomic E-state index is 12.3. The van der Waals surface area contributed by atoms with Crippen LogP contribution in [0.3, 0.4) is 0 Å². The molecule has 0 saturated carbocycles. The van der Waals surface area contributed by atoms with Crippen molar-refractivity contribution in [3.8, 4) is 0 Å². The first kappa shape index (κ1) is 12.0. The smallest absolute Gasteiger partial charge is 0.310 e. The molecule has 0 spiro atoms. The lowest BCUT2D eigenvalue weighted by atomic mass is 10.3. The Hall–Kier alpha value is -2.06. The van der Waals surface area contributed by atoms with Crippen molar-refractivity contribution in [3.05, 3.63) is 49.3 Å². The summed E-state index contributed by atoms with van der Waals surface area (Å²) in [5, 5.41) is 8.88. The molecule has 19 heavy (non-hydrogen) atoms. The summed E-state index contributed by atoms with van der Waals surface area (Å²) in [5.74, 6) is 0. The van der Waals surface area contributed by atoms with Gasteiger partial charge in [0.2, 0.25) is 5.13 Å². The molecule has 0 aliphatic heterocycles. The van der Waals surface area contributed by atoms with E-state index < -0.39 is 0 Å². The standard InChI is InChI=1S/C11H8N4O2S2/c12-10-14-13-8(19-10)5-15-9(16)6-3-1-2-4-7(6)18-11(15)17/h1-4H,5H2,(H2,12,14). The molecule has 0 radical (unpaired) electrons. The minimum Gasteiger partial charge on any atom is -0.374 e. The summed E-state index contributed by atoms with van der Waals surface area (Å²) in [6.45, 7) is 0.105. The lowest BCUT2D eigenvalue weighted by molar-refractivity contribution is 0.738. The minimum absolute atomic E-state index is 0.105. The molecule has 2 N–H and O–H groups in total. The molecule has 0 atom stereocenters. The van der Waals surface area contributed by atoms with Crippen LogP contribution in [0.25, 0.3) is 10.1 Å². The molecule has 0 saturated heterocycles. The van der Waals surface area contributed by atoms with Crippen LogP contribution in [0.15, 0.2) is 33.9 Å². The largest absolute Gasteiger partial charge is 0.374 e. The first-order valence-electron chi connectivity index (χ1n) is 5.35. The van der Waals surface area contributed by atoms with Gasteiger partial charge in [-0.1, -0.05) is 34.8 Å². The average Bonchev–Trinajstić information content (AvgIpc) is 2.80. The maximum Gasteiger partial charge on any atom is 0.310 e. The maximum absolute atomic E-state index is 12.3. The number of nitrogens with two attached hydrogens (primary N) is 1. The number of fused-ring (bicyclic) bond motifs is 1. The monoisotopic (exact) mass is 292 g/mol. The predicted octanol–water partition coefficient (Wildman–Crippen LogP) is 0.905. The zero-order valence-corrected chi connectivity index (χ0v) is 11.2. The summed E-state index contributed by atoms with van der Waals surface area (Å²) in [4.78, 5) is 23.9. The topological polar surface area (TPSA) is 90.9 Å². The molecule has 8 heteroatoms. The van der Waals surface area contributed by atoms with E-state index in [1.807, 2.05) is 0 Å². The number of benzene rings is 1. The zero-order valence-electron chi connectivity index (χ0n) is 9.57. The van der Waals surface area contributed by atoms with E-state index >= 15 is 0 Å². The van der Waals surface area contributed by atoms with Crippen LogP contribution >= 0.6 is 22.7 Å². The molecule has 96 valence electrons. The van der Waals surface area contributed by atoms with Crippen LogP contribution in [0.1, 0.15) is 5.01 Å². The van der Waals surface area contributed by atoms with E-state index in [4.69, 9.17) is 5.73 Å². The van der Waals surface area contributed by atoms with Gasteiger partial charge >= 0.3 is 4.87 Å². The van der Waals surface area contributed by atoms with Crippen LogP contribution in [-0.4, -0.2) is 14.8 Å². The van der Waals surface area contributed by atoms with Gasteiger partial charge in [0.05, 0.1) is 11.9 Å². The third-order valence-corrected chi connectivity index (χ3v) is 4.26. The van der Waals surface area contributed by atoms with Crippen molar-refractivity contribution in [1.82, 2.24) is 14.8 Å². The normalized spacial score (nSPS) is 10.9. The van der Waals surface area contributed by atoms with Crippen molar-refractivity contribution >= 4 is 37.9 Å². The number of hydrogen-bond donors (Lipinski definition) is 1. The summed E-state index contributed by atoms with van der Waals surface area (Å²) in [7, 11) is 0. The molecule has 2 aromatic heterocycles. The molecule has 6 nitrogen and oxygen atoms in total. The van der Waals surface area contributed by atoms with E-state index in [2.05, 4.69) is 10.2 Å². The number of aromatic nitrogens is 3. The van der Waals surface area contributed by atoms with Crippen LogP contribution < -0.4 is 16.2 Å². The Morgan fingerprint density at radius 2 is 1.95 bits per heavy atom. The molecule has 3 aromatic rings. The molecule has 0 amide bonds.